The fourth-order valence-electron chi connectivity index (χ4n) is 4.35. The summed E-state index contributed by atoms with van der Waals surface area (Å²) < 4.78 is 13.4. The average Bonchev–Trinajstić information content (AvgIpc) is 3.29. The van der Waals surface area contributed by atoms with Crippen LogP contribution in [-0.2, 0) is 9.59 Å². The van der Waals surface area contributed by atoms with Gasteiger partial charge in [-0.15, -0.1) is 0 Å². The fourth-order valence-corrected chi connectivity index (χ4v) is 4.35. The number of benzene rings is 2. The summed E-state index contributed by atoms with van der Waals surface area (Å²) in [5, 5.41) is 2.63. The predicted molar refractivity (Wildman–Crippen MR) is 112 cm³/mol. The number of nitrogens with one attached hydrogen (secondary N) is 1. The molecule has 4 amide bonds. The molecule has 0 spiro atoms. The van der Waals surface area contributed by atoms with Crippen LogP contribution < -0.4 is 10.2 Å². The maximum Gasteiger partial charge on any atom is 0.332 e. The molecule has 1 atom stereocenters. The van der Waals surface area contributed by atoms with E-state index >= 15 is 0 Å². The van der Waals surface area contributed by atoms with Crippen molar-refractivity contribution in [2.75, 3.05) is 10.2 Å². The molecule has 30 heavy (non-hydrogen) atoms. The molecule has 2 aliphatic rings. The number of hydrogen-bond acceptors (Lipinski definition) is 3. The van der Waals surface area contributed by atoms with Gasteiger partial charge in [0.2, 0.25) is 5.91 Å². The molecule has 6 nitrogen and oxygen atoms in total. The van der Waals surface area contributed by atoms with Gasteiger partial charge in [0.1, 0.15) is 11.9 Å². The summed E-state index contributed by atoms with van der Waals surface area (Å²) in [5.41, 5.74) is 1.77. The summed E-state index contributed by atoms with van der Waals surface area (Å²) in [6.07, 6.45) is 3.47. The molecule has 2 aromatic carbocycles. The first-order valence-corrected chi connectivity index (χ1v) is 10.2. The van der Waals surface area contributed by atoms with E-state index in [0.717, 1.165) is 31.2 Å². The van der Waals surface area contributed by atoms with E-state index in [0.29, 0.717) is 11.4 Å². The van der Waals surface area contributed by atoms with Crippen LogP contribution in [-0.4, -0.2) is 34.8 Å². The topological polar surface area (TPSA) is 69.7 Å². The van der Waals surface area contributed by atoms with E-state index in [-0.39, 0.29) is 18.5 Å². The zero-order valence-corrected chi connectivity index (χ0v) is 16.8. The Hall–Kier alpha value is -3.22. The highest BCUT2D eigenvalue weighted by molar-refractivity contribution is 6.22. The van der Waals surface area contributed by atoms with Gasteiger partial charge < -0.3 is 10.2 Å². The van der Waals surface area contributed by atoms with Gasteiger partial charge in [-0.05, 0) is 55.7 Å². The Morgan fingerprint density at radius 3 is 2.53 bits per heavy atom. The molecule has 1 aliphatic heterocycles. The number of imide groups is 1. The lowest BCUT2D eigenvalue weighted by Crippen LogP contribution is -2.43. The summed E-state index contributed by atoms with van der Waals surface area (Å²) in [7, 11) is 0. The van der Waals surface area contributed by atoms with E-state index in [4.69, 9.17) is 0 Å². The maximum atomic E-state index is 13.4. The second-order valence-electron chi connectivity index (χ2n) is 7.92. The Labute approximate surface area is 174 Å². The van der Waals surface area contributed by atoms with E-state index in [1.54, 1.807) is 29.2 Å². The second kappa shape index (κ2) is 8.26. The van der Waals surface area contributed by atoms with E-state index < -0.39 is 23.7 Å². The number of carbonyl (C=O) groups is 3. The predicted octanol–water partition coefficient (Wildman–Crippen LogP) is 4.24. The normalized spacial score (nSPS) is 19.6. The first kappa shape index (κ1) is 20.1. The molecule has 1 aliphatic carbocycles. The van der Waals surface area contributed by atoms with Gasteiger partial charge in [-0.3, -0.25) is 9.59 Å². The largest absolute Gasteiger partial charge is 0.332 e. The number of nitrogens with zero attached hydrogens (tertiary/aromatic N) is 2. The summed E-state index contributed by atoms with van der Waals surface area (Å²) in [5.74, 6) is -1.29. The smallest absolute Gasteiger partial charge is 0.326 e. The van der Waals surface area contributed by atoms with Crippen LogP contribution in [0.15, 0.2) is 48.5 Å². The molecule has 0 aromatic heterocycles. The first-order chi connectivity index (χ1) is 14.4. The quantitative estimate of drug-likeness (QED) is 0.751. The highest BCUT2D eigenvalue weighted by Gasteiger charge is 2.49. The second-order valence-corrected chi connectivity index (χ2v) is 7.92. The zero-order chi connectivity index (χ0) is 21.3. The number of amides is 4. The number of urea groups is 1. The van der Waals surface area contributed by atoms with Crippen LogP contribution in [0, 0.1) is 12.7 Å². The van der Waals surface area contributed by atoms with Crippen molar-refractivity contribution in [3.8, 4) is 0 Å². The lowest BCUT2D eigenvalue weighted by atomic mass is 10.1. The molecule has 0 radical (unpaired) electrons. The van der Waals surface area contributed by atoms with Crippen molar-refractivity contribution in [1.29, 1.82) is 0 Å². The van der Waals surface area contributed by atoms with Crippen molar-refractivity contribution >= 4 is 29.2 Å². The van der Waals surface area contributed by atoms with Crippen molar-refractivity contribution in [2.45, 2.75) is 51.1 Å². The molecule has 7 heteroatoms. The molecule has 0 bridgehead atoms. The Kier molecular flexibility index (Phi) is 5.53. The Morgan fingerprint density at radius 1 is 1.10 bits per heavy atom. The number of anilines is 2. The third-order valence-corrected chi connectivity index (χ3v) is 5.72. The van der Waals surface area contributed by atoms with E-state index in [1.807, 2.05) is 13.0 Å². The van der Waals surface area contributed by atoms with Crippen LogP contribution in [0.25, 0.3) is 0 Å². The Bertz CT molecular complexity index is 987. The van der Waals surface area contributed by atoms with E-state index in [2.05, 4.69) is 5.32 Å². The van der Waals surface area contributed by atoms with Gasteiger partial charge in [0.05, 0.1) is 12.1 Å². The van der Waals surface area contributed by atoms with Crippen LogP contribution >= 0.6 is 0 Å². The summed E-state index contributed by atoms with van der Waals surface area (Å²) in [6.45, 7) is 1.90. The van der Waals surface area contributed by atoms with Crippen molar-refractivity contribution in [2.24, 2.45) is 0 Å². The number of hydrogen-bond donors (Lipinski definition) is 1. The summed E-state index contributed by atoms with van der Waals surface area (Å²) in [4.78, 5) is 41.9. The summed E-state index contributed by atoms with van der Waals surface area (Å²) in [6, 6.07) is 11.5. The molecular formula is C23H24FN3O3. The van der Waals surface area contributed by atoms with Crippen molar-refractivity contribution in [1.82, 2.24) is 4.90 Å². The van der Waals surface area contributed by atoms with Crippen molar-refractivity contribution in [3.63, 3.8) is 0 Å². The fraction of sp³-hybridized carbons (Fsp3) is 0.348. The minimum Gasteiger partial charge on any atom is -0.326 e. The summed E-state index contributed by atoms with van der Waals surface area (Å²) >= 11 is 0. The zero-order valence-electron chi connectivity index (χ0n) is 16.8. The number of aryl methyl sites for hydroxylation is 1. The lowest BCUT2D eigenvalue weighted by molar-refractivity contribution is -0.124. The minimum atomic E-state index is -0.866. The SMILES string of the molecule is Cc1cccc(N2C(=O)C(CC(=O)Nc3cccc(F)c3)N(C3CCCC3)C2=O)c1. The van der Waals surface area contributed by atoms with Gasteiger partial charge in [-0.2, -0.15) is 0 Å². The van der Waals surface area contributed by atoms with E-state index in [1.165, 1.54) is 23.1 Å². The molecule has 1 N–H and O–H groups in total. The molecule has 1 saturated carbocycles. The Balaban J connectivity index is 1.59. The Morgan fingerprint density at radius 2 is 1.83 bits per heavy atom. The van der Waals surface area contributed by atoms with Crippen molar-refractivity contribution in [3.05, 3.63) is 59.9 Å². The maximum absolute atomic E-state index is 13.4. The van der Waals surface area contributed by atoms with Gasteiger partial charge in [0, 0.05) is 11.7 Å². The highest BCUT2D eigenvalue weighted by Crippen LogP contribution is 2.34. The van der Waals surface area contributed by atoms with Gasteiger partial charge in [0.25, 0.3) is 5.91 Å². The standard InChI is InChI=1S/C23H24FN3O3/c1-15-6-4-11-19(12-15)27-22(29)20(26(23(27)30)18-9-2-3-10-18)14-21(28)25-17-8-5-7-16(24)13-17/h4-8,11-13,18,20H,2-3,9-10,14H2,1H3,(H,25,28). The number of rotatable bonds is 5. The van der Waals surface area contributed by atoms with Crippen LogP contribution in [0.2, 0.25) is 0 Å². The molecule has 2 aromatic rings. The van der Waals surface area contributed by atoms with Gasteiger partial charge in [-0.25, -0.2) is 14.1 Å². The third kappa shape index (κ3) is 3.92. The lowest BCUT2D eigenvalue weighted by Gasteiger charge is -2.27. The minimum absolute atomic E-state index is 0.0526. The molecule has 1 saturated heterocycles. The monoisotopic (exact) mass is 409 g/mol. The molecular weight excluding hydrogens is 385 g/mol. The molecule has 1 heterocycles. The third-order valence-electron chi connectivity index (χ3n) is 5.72. The number of carbonyl (C=O) groups excluding carboxylic acids is 3. The molecule has 2 fully saturated rings. The van der Waals surface area contributed by atoms with Gasteiger partial charge >= 0.3 is 6.03 Å². The molecule has 156 valence electrons. The highest BCUT2D eigenvalue weighted by atomic mass is 19.1. The van der Waals surface area contributed by atoms with Crippen LogP contribution in [0.1, 0.15) is 37.7 Å². The first-order valence-electron chi connectivity index (χ1n) is 10.2. The molecule has 1 unspecified atom stereocenters. The van der Waals surface area contributed by atoms with E-state index in [9.17, 15) is 18.8 Å². The number of halogens is 1. The van der Waals surface area contributed by atoms with Crippen LogP contribution in [0.3, 0.4) is 0 Å². The van der Waals surface area contributed by atoms with Crippen molar-refractivity contribution < 1.29 is 18.8 Å². The van der Waals surface area contributed by atoms with Gasteiger partial charge in [-0.1, -0.05) is 31.0 Å². The van der Waals surface area contributed by atoms with Crippen LogP contribution in [0.5, 0.6) is 0 Å². The molecule has 4 rings (SSSR count). The average molecular weight is 409 g/mol. The van der Waals surface area contributed by atoms with Gasteiger partial charge in [0.15, 0.2) is 0 Å². The van der Waals surface area contributed by atoms with Crippen LogP contribution in [0.4, 0.5) is 20.6 Å².